The van der Waals surface area contributed by atoms with E-state index in [1.54, 1.807) is 66.7 Å². The van der Waals surface area contributed by atoms with Gasteiger partial charge in [0.1, 0.15) is 11.6 Å². The monoisotopic (exact) mass is 424 g/mol. The summed E-state index contributed by atoms with van der Waals surface area (Å²) in [6.07, 6.45) is 0. The van der Waals surface area contributed by atoms with Gasteiger partial charge in [-0.05, 0) is 48.0 Å². The molecule has 0 spiro atoms. The van der Waals surface area contributed by atoms with Gasteiger partial charge in [0.25, 0.3) is 5.91 Å². The summed E-state index contributed by atoms with van der Waals surface area (Å²) in [5.74, 6) is 0.0247. The smallest absolute Gasteiger partial charge is 0.262 e. The normalized spacial score (nSPS) is 11.0. The van der Waals surface area contributed by atoms with E-state index >= 15 is 0 Å². The van der Waals surface area contributed by atoms with Crippen LogP contribution in [0.4, 0.5) is 5.69 Å². The summed E-state index contributed by atoms with van der Waals surface area (Å²) in [4.78, 5) is 12.2. The van der Waals surface area contributed by atoms with Crippen LogP contribution >= 0.6 is 0 Å². The van der Waals surface area contributed by atoms with E-state index in [4.69, 9.17) is 21.0 Å². The van der Waals surface area contributed by atoms with Gasteiger partial charge in [0, 0.05) is 16.8 Å². The van der Waals surface area contributed by atoms with Gasteiger partial charge in [-0.3, -0.25) is 10.2 Å². The van der Waals surface area contributed by atoms with Crippen LogP contribution in [0.1, 0.15) is 5.56 Å². The fourth-order valence-electron chi connectivity index (χ4n) is 2.79. The number of ether oxygens (including phenoxy) is 1. The van der Waals surface area contributed by atoms with Crippen LogP contribution in [0.25, 0.3) is 11.1 Å². The number of nitrogen functional groups attached to an aromatic ring is 1. The summed E-state index contributed by atoms with van der Waals surface area (Å²) in [5.41, 5.74) is 7.48. The van der Waals surface area contributed by atoms with Gasteiger partial charge in [0.15, 0.2) is 6.61 Å². The molecule has 0 aliphatic carbocycles. The lowest BCUT2D eigenvalue weighted by atomic mass is 10.1. The molecule has 3 aromatic carbocycles. The molecule has 6 N–H and O–H groups in total. The third kappa shape index (κ3) is 5.22. The highest BCUT2D eigenvalue weighted by atomic mass is 32.2. The molecule has 30 heavy (non-hydrogen) atoms. The van der Waals surface area contributed by atoms with E-state index in [1.807, 2.05) is 0 Å². The Morgan fingerprint density at radius 3 is 2.37 bits per heavy atom. The second-order valence-corrected chi connectivity index (χ2v) is 7.93. The molecule has 0 bridgehead atoms. The standard InChI is InChI=1S/C21H20N4O4S/c22-21(23)14-8-10-17(11-9-14)29-13-20(26)25-16-5-3-4-15(12-16)18-6-1-2-7-19(18)30(24,27)28/h1-12H,13H2,(H3,22,23)(H,25,26)(H2,24,27,28). The Labute approximate surface area is 174 Å². The molecule has 0 unspecified atom stereocenters. The second-order valence-electron chi connectivity index (χ2n) is 6.40. The average molecular weight is 424 g/mol. The molecule has 9 heteroatoms. The zero-order chi connectivity index (χ0) is 21.7. The van der Waals surface area contributed by atoms with Gasteiger partial charge in [0.2, 0.25) is 10.0 Å². The molecule has 3 aromatic rings. The first-order valence-corrected chi connectivity index (χ1v) is 10.4. The molecular weight excluding hydrogens is 404 g/mol. The Morgan fingerprint density at radius 1 is 1.00 bits per heavy atom. The number of nitrogens with one attached hydrogen (secondary N) is 2. The number of amides is 1. The van der Waals surface area contributed by atoms with Crippen molar-refractivity contribution in [2.24, 2.45) is 10.9 Å². The Morgan fingerprint density at radius 2 is 1.70 bits per heavy atom. The van der Waals surface area contributed by atoms with Crippen molar-refractivity contribution in [1.82, 2.24) is 0 Å². The zero-order valence-corrected chi connectivity index (χ0v) is 16.6. The lowest BCUT2D eigenvalue weighted by molar-refractivity contribution is -0.118. The van der Waals surface area contributed by atoms with E-state index in [2.05, 4.69) is 5.32 Å². The average Bonchev–Trinajstić information content (AvgIpc) is 2.72. The van der Waals surface area contributed by atoms with Crippen LogP contribution in [0.2, 0.25) is 0 Å². The number of amidine groups is 1. The molecule has 0 heterocycles. The summed E-state index contributed by atoms with van der Waals surface area (Å²) in [6.45, 7) is -0.225. The molecule has 0 atom stereocenters. The fourth-order valence-corrected chi connectivity index (χ4v) is 3.56. The van der Waals surface area contributed by atoms with E-state index in [9.17, 15) is 13.2 Å². The summed E-state index contributed by atoms with van der Waals surface area (Å²) >= 11 is 0. The molecule has 0 radical (unpaired) electrons. The number of anilines is 1. The summed E-state index contributed by atoms with van der Waals surface area (Å²) in [6, 6.07) is 19.6. The van der Waals surface area contributed by atoms with E-state index in [1.165, 1.54) is 6.07 Å². The van der Waals surface area contributed by atoms with Crippen molar-refractivity contribution in [3.05, 3.63) is 78.4 Å². The van der Waals surface area contributed by atoms with Gasteiger partial charge in [-0.1, -0.05) is 30.3 Å². The highest BCUT2D eigenvalue weighted by Gasteiger charge is 2.15. The number of sulfonamides is 1. The molecule has 1 amide bonds. The largest absolute Gasteiger partial charge is 0.484 e. The number of carbonyl (C=O) groups excluding carboxylic acids is 1. The molecule has 0 aliphatic heterocycles. The maximum absolute atomic E-state index is 12.2. The van der Waals surface area contributed by atoms with Crippen LogP contribution in [0.3, 0.4) is 0 Å². The first-order chi connectivity index (χ1) is 14.2. The minimum Gasteiger partial charge on any atom is -0.484 e. The number of hydrogen-bond acceptors (Lipinski definition) is 5. The fraction of sp³-hybridized carbons (Fsp3) is 0.0476. The van der Waals surface area contributed by atoms with Gasteiger partial charge in [-0.25, -0.2) is 13.6 Å². The first-order valence-electron chi connectivity index (χ1n) is 8.83. The van der Waals surface area contributed by atoms with Gasteiger partial charge in [-0.15, -0.1) is 0 Å². The number of primary sulfonamides is 1. The number of benzene rings is 3. The highest BCUT2D eigenvalue weighted by Crippen LogP contribution is 2.28. The maximum atomic E-state index is 12.2. The van der Waals surface area contributed by atoms with Crippen molar-refractivity contribution in [3.8, 4) is 16.9 Å². The first kappa shape index (κ1) is 21.0. The Balaban J connectivity index is 1.70. The molecule has 0 aliphatic rings. The van der Waals surface area contributed by atoms with Crippen molar-refractivity contribution < 1.29 is 17.9 Å². The van der Waals surface area contributed by atoms with Crippen molar-refractivity contribution in [3.63, 3.8) is 0 Å². The maximum Gasteiger partial charge on any atom is 0.262 e. The predicted octanol–water partition coefficient (Wildman–Crippen LogP) is 2.30. The Kier molecular flexibility index (Phi) is 6.14. The Hall–Kier alpha value is -3.69. The van der Waals surface area contributed by atoms with Crippen molar-refractivity contribution in [2.75, 3.05) is 11.9 Å². The van der Waals surface area contributed by atoms with E-state index < -0.39 is 10.0 Å². The zero-order valence-electron chi connectivity index (χ0n) is 15.8. The molecule has 0 fully saturated rings. The van der Waals surface area contributed by atoms with Gasteiger partial charge < -0.3 is 15.8 Å². The highest BCUT2D eigenvalue weighted by molar-refractivity contribution is 7.89. The number of hydrogen-bond donors (Lipinski definition) is 4. The van der Waals surface area contributed by atoms with Gasteiger partial charge in [-0.2, -0.15) is 0 Å². The molecule has 154 valence electrons. The predicted molar refractivity (Wildman–Crippen MR) is 115 cm³/mol. The number of nitrogens with two attached hydrogens (primary N) is 2. The van der Waals surface area contributed by atoms with Crippen molar-refractivity contribution in [1.29, 1.82) is 5.41 Å². The van der Waals surface area contributed by atoms with Crippen LogP contribution in [0.5, 0.6) is 5.75 Å². The van der Waals surface area contributed by atoms with Crippen LogP contribution in [-0.2, 0) is 14.8 Å². The summed E-state index contributed by atoms with van der Waals surface area (Å²) in [7, 11) is -3.89. The van der Waals surface area contributed by atoms with Gasteiger partial charge >= 0.3 is 0 Å². The lowest BCUT2D eigenvalue weighted by Crippen LogP contribution is -2.20. The second kappa shape index (κ2) is 8.76. The molecule has 0 saturated heterocycles. The van der Waals surface area contributed by atoms with Crippen LogP contribution in [-0.4, -0.2) is 26.8 Å². The van der Waals surface area contributed by atoms with Gasteiger partial charge in [0.05, 0.1) is 4.90 Å². The topological polar surface area (TPSA) is 148 Å². The lowest BCUT2D eigenvalue weighted by Gasteiger charge is -2.11. The van der Waals surface area contributed by atoms with E-state index in [-0.39, 0.29) is 23.2 Å². The molecule has 8 nitrogen and oxygen atoms in total. The van der Waals surface area contributed by atoms with Crippen molar-refractivity contribution >= 4 is 27.5 Å². The summed E-state index contributed by atoms with van der Waals surface area (Å²) < 4.78 is 29.1. The quantitative estimate of drug-likeness (QED) is 0.339. The molecular formula is C21H20N4O4S. The van der Waals surface area contributed by atoms with Crippen LogP contribution in [0.15, 0.2) is 77.7 Å². The molecule has 0 aromatic heterocycles. The molecule has 3 rings (SSSR count). The third-order valence-electron chi connectivity index (χ3n) is 4.19. The van der Waals surface area contributed by atoms with Crippen LogP contribution in [0, 0.1) is 5.41 Å². The third-order valence-corrected chi connectivity index (χ3v) is 5.16. The van der Waals surface area contributed by atoms with Crippen molar-refractivity contribution in [2.45, 2.75) is 4.90 Å². The Bertz CT molecular complexity index is 1190. The summed E-state index contributed by atoms with van der Waals surface area (Å²) in [5, 5.41) is 15.4. The minimum atomic E-state index is -3.89. The SMILES string of the molecule is N=C(N)c1ccc(OCC(=O)Nc2cccc(-c3ccccc3S(N)(=O)=O)c2)cc1. The van der Waals surface area contributed by atoms with E-state index in [0.29, 0.717) is 28.1 Å². The van der Waals surface area contributed by atoms with E-state index in [0.717, 1.165) is 0 Å². The molecule has 0 saturated carbocycles. The van der Waals surface area contributed by atoms with Crippen LogP contribution < -0.4 is 20.9 Å². The number of rotatable bonds is 7. The minimum absolute atomic E-state index is 0.00539. The number of carbonyl (C=O) groups is 1.